The highest BCUT2D eigenvalue weighted by Gasteiger charge is 2.35. The molecule has 5 nitrogen and oxygen atoms in total. The van der Waals surface area contributed by atoms with Gasteiger partial charge in [-0.1, -0.05) is 18.2 Å². The van der Waals surface area contributed by atoms with Gasteiger partial charge in [-0.25, -0.2) is 9.97 Å². The smallest absolute Gasteiger partial charge is 0.440 e. The first-order valence-corrected chi connectivity index (χ1v) is 13.3. The van der Waals surface area contributed by atoms with Crippen LogP contribution in [0.1, 0.15) is 17.4 Å². The summed E-state index contributed by atoms with van der Waals surface area (Å²) in [5.74, 6) is 0.172. The van der Waals surface area contributed by atoms with Gasteiger partial charge in [0.2, 0.25) is 0 Å². The molecule has 5 aromatic rings. The van der Waals surface area contributed by atoms with E-state index in [0.717, 1.165) is 34.4 Å². The Balaban J connectivity index is 1.70. The molecule has 0 saturated heterocycles. The zero-order chi connectivity index (χ0) is 29.5. The van der Waals surface area contributed by atoms with Crippen LogP contribution in [0, 0.1) is 13.8 Å². The number of hydrogen-bond donors (Lipinski definition) is 0. The Morgan fingerprint density at radius 2 is 1.51 bits per heavy atom. The van der Waals surface area contributed by atoms with Crippen molar-refractivity contribution in [3.63, 3.8) is 0 Å². The Hall–Kier alpha value is -4.19. The highest BCUT2D eigenvalue weighted by molar-refractivity contribution is 7.98. The Morgan fingerprint density at radius 1 is 0.829 bits per heavy atom. The minimum atomic E-state index is -4.85. The number of oxazole rings is 1. The van der Waals surface area contributed by atoms with Crippen molar-refractivity contribution in [3.8, 4) is 45.1 Å². The predicted molar refractivity (Wildman–Crippen MR) is 143 cm³/mol. The number of ether oxygens (including phenoxy) is 1. The number of nitrogens with zero attached hydrogens (tertiary/aromatic N) is 3. The molecule has 0 aliphatic carbocycles. The number of hydrogen-bond acceptors (Lipinski definition) is 5. The van der Waals surface area contributed by atoms with Crippen molar-refractivity contribution in [1.82, 2.24) is 14.5 Å². The third-order valence-electron chi connectivity index (χ3n) is 6.17. The number of benzene rings is 3. The topological polar surface area (TPSA) is 53.1 Å². The van der Waals surface area contributed by atoms with Crippen LogP contribution in [-0.2, 0) is 6.18 Å². The van der Waals surface area contributed by atoms with E-state index < -0.39 is 24.0 Å². The summed E-state index contributed by atoms with van der Waals surface area (Å²) in [6.07, 6.45) is -6.64. The highest BCUT2D eigenvalue weighted by atomic mass is 32.2. The molecule has 0 aliphatic heterocycles. The van der Waals surface area contributed by atoms with Gasteiger partial charge in [0.15, 0.2) is 17.3 Å². The van der Waals surface area contributed by atoms with Crippen molar-refractivity contribution in [2.24, 2.45) is 0 Å². The van der Waals surface area contributed by atoms with E-state index in [4.69, 9.17) is 4.42 Å². The van der Waals surface area contributed by atoms with Crippen LogP contribution in [0.4, 0.5) is 26.3 Å². The molecule has 2 heterocycles. The van der Waals surface area contributed by atoms with Gasteiger partial charge in [0, 0.05) is 29.1 Å². The summed E-state index contributed by atoms with van der Waals surface area (Å²) >= 11 is 1.57. The normalized spacial score (nSPS) is 12.1. The largest absolute Gasteiger partial charge is 0.573 e. The summed E-state index contributed by atoms with van der Waals surface area (Å²) in [6, 6.07) is 18.1. The first kappa shape index (κ1) is 28.3. The lowest BCUT2D eigenvalue weighted by Gasteiger charge is -2.14. The third-order valence-corrected chi connectivity index (χ3v) is 6.90. The molecule has 0 unspecified atom stereocenters. The molecule has 0 radical (unpaired) electrons. The maximum atomic E-state index is 13.5. The van der Waals surface area contributed by atoms with E-state index in [0.29, 0.717) is 22.5 Å². The number of halogens is 6. The lowest BCUT2D eigenvalue weighted by molar-refractivity contribution is -0.274. The summed E-state index contributed by atoms with van der Waals surface area (Å²) < 4.78 is 89.7. The van der Waals surface area contributed by atoms with Crippen molar-refractivity contribution < 1.29 is 35.5 Å². The minimum Gasteiger partial charge on any atom is -0.440 e. The molecule has 5 rings (SSSR count). The first-order valence-electron chi connectivity index (χ1n) is 12.1. The predicted octanol–water partition coefficient (Wildman–Crippen LogP) is 9.12. The summed E-state index contributed by atoms with van der Waals surface area (Å²) in [6.45, 7) is 3.06. The van der Waals surface area contributed by atoms with Gasteiger partial charge < -0.3 is 13.7 Å². The van der Waals surface area contributed by atoms with E-state index in [1.807, 2.05) is 30.5 Å². The molecule has 0 N–H and O–H groups in total. The van der Waals surface area contributed by atoms with Gasteiger partial charge in [-0.3, -0.25) is 0 Å². The van der Waals surface area contributed by atoms with Crippen LogP contribution in [0.2, 0.25) is 0 Å². The number of alkyl halides is 6. The zero-order valence-electron chi connectivity index (χ0n) is 21.8. The summed E-state index contributed by atoms with van der Waals surface area (Å²) in [7, 11) is 0. The maximum absolute atomic E-state index is 13.5. The van der Waals surface area contributed by atoms with Gasteiger partial charge in [-0.15, -0.1) is 24.9 Å². The molecular formula is C29H21F6N3O2S. The van der Waals surface area contributed by atoms with Crippen molar-refractivity contribution in [3.05, 3.63) is 90.3 Å². The fraction of sp³-hybridized carbons (Fsp3) is 0.172. The van der Waals surface area contributed by atoms with E-state index >= 15 is 0 Å². The van der Waals surface area contributed by atoms with E-state index in [-0.39, 0.29) is 17.5 Å². The highest BCUT2D eigenvalue weighted by Crippen LogP contribution is 2.40. The van der Waals surface area contributed by atoms with Crippen molar-refractivity contribution >= 4 is 11.8 Å². The lowest BCUT2D eigenvalue weighted by Crippen LogP contribution is -2.16. The Bertz CT molecular complexity index is 1710. The van der Waals surface area contributed by atoms with E-state index in [1.54, 1.807) is 36.9 Å². The molecular weight excluding hydrogens is 568 g/mol. The van der Waals surface area contributed by atoms with Crippen LogP contribution in [-0.4, -0.2) is 27.2 Å². The van der Waals surface area contributed by atoms with E-state index in [2.05, 4.69) is 14.7 Å². The molecule has 12 heteroatoms. The molecule has 0 amide bonds. The summed E-state index contributed by atoms with van der Waals surface area (Å²) in [5, 5.41) is 0. The number of aromatic nitrogens is 3. The molecule has 41 heavy (non-hydrogen) atoms. The molecule has 3 aromatic carbocycles. The van der Waals surface area contributed by atoms with Gasteiger partial charge in [-0.2, -0.15) is 13.2 Å². The van der Waals surface area contributed by atoms with Gasteiger partial charge in [-0.05, 0) is 72.8 Å². The average Bonchev–Trinajstić information content (AvgIpc) is 3.50. The van der Waals surface area contributed by atoms with Gasteiger partial charge in [0.25, 0.3) is 0 Å². The Kier molecular flexibility index (Phi) is 7.37. The van der Waals surface area contributed by atoms with Gasteiger partial charge in [0.05, 0.1) is 5.69 Å². The SMILES string of the molecule is CSc1cccc(-c2ccc(-n3cc(C(F)(F)F)nc3C)c(-c3nc(C)oc3-c3ccc(OC(F)(F)F)cc3)c2)c1. The fourth-order valence-corrected chi connectivity index (χ4v) is 4.84. The molecule has 2 aromatic heterocycles. The second-order valence-electron chi connectivity index (χ2n) is 8.99. The van der Waals surface area contributed by atoms with Crippen LogP contribution in [0.5, 0.6) is 5.75 Å². The molecule has 0 spiro atoms. The van der Waals surface area contributed by atoms with Crippen molar-refractivity contribution in [2.75, 3.05) is 6.26 Å². The number of thioether (sulfide) groups is 1. The lowest BCUT2D eigenvalue weighted by atomic mass is 9.98. The van der Waals surface area contributed by atoms with E-state index in [9.17, 15) is 26.3 Å². The quantitative estimate of drug-likeness (QED) is 0.146. The number of rotatable bonds is 6. The van der Waals surface area contributed by atoms with Crippen LogP contribution >= 0.6 is 11.8 Å². The number of aryl methyl sites for hydroxylation is 2. The zero-order valence-corrected chi connectivity index (χ0v) is 22.6. The molecule has 0 atom stereocenters. The molecule has 0 fully saturated rings. The number of imidazole rings is 1. The second-order valence-corrected chi connectivity index (χ2v) is 9.87. The summed E-state index contributed by atoms with van der Waals surface area (Å²) in [5.41, 5.74) is 2.10. The minimum absolute atomic E-state index is 0.103. The average molecular weight is 590 g/mol. The van der Waals surface area contributed by atoms with E-state index in [1.165, 1.54) is 23.6 Å². The monoisotopic (exact) mass is 589 g/mol. The van der Waals surface area contributed by atoms with Crippen LogP contribution in [0.15, 0.2) is 82.2 Å². The van der Waals surface area contributed by atoms with Crippen LogP contribution in [0.3, 0.4) is 0 Å². The maximum Gasteiger partial charge on any atom is 0.573 e. The standard InChI is InChI=1S/C29H21F6N3O2S/c1-16-36-25(28(30,31)32)15-38(16)24-12-9-20(19-5-4-6-22(13-19)41-3)14-23(24)26-27(39-17(2)37-26)18-7-10-21(11-8-18)40-29(33,34)35/h4-15H,1-3H3. The Labute approximate surface area is 234 Å². The molecule has 0 bridgehead atoms. The van der Waals surface area contributed by atoms with Gasteiger partial charge >= 0.3 is 12.5 Å². The third kappa shape index (κ3) is 6.12. The van der Waals surface area contributed by atoms with Crippen LogP contribution < -0.4 is 4.74 Å². The first-order chi connectivity index (χ1) is 19.3. The molecule has 212 valence electrons. The Morgan fingerprint density at radius 3 is 2.15 bits per heavy atom. The van der Waals surface area contributed by atoms with Crippen molar-refractivity contribution in [1.29, 1.82) is 0 Å². The second kappa shape index (κ2) is 10.7. The van der Waals surface area contributed by atoms with Crippen LogP contribution in [0.25, 0.3) is 39.4 Å². The molecule has 0 saturated carbocycles. The fourth-order valence-electron chi connectivity index (χ4n) is 4.38. The summed E-state index contributed by atoms with van der Waals surface area (Å²) in [4.78, 5) is 9.27. The van der Waals surface area contributed by atoms with Crippen molar-refractivity contribution in [2.45, 2.75) is 31.3 Å². The molecule has 0 aliphatic rings. The van der Waals surface area contributed by atoms with Gasteiger partial charge in [0.1, 0.15) is 17.3 Å².